The summed E-state index contributed by atoms with van der Waals surface area (Å²) in [6.45, 7) is 3.75. The summed E-state index contributed by atoms with van der Waals surface area (Å²) < 4.78 is 11.2. The number of hydrogen-bond acceptors (Lipinski definition) is 4. The van der Waals surface area contributed by atoms with Crippen LogP contribution in [-0.2, 0) is 10.3 Å². The van der Waals surface area contributed by atoms with Crippen LogP contribution in [0.4, 0.5) is 0 Å². The van der Waals surface area contributed by atoms with Gasteiger partial charge < -0.3 is 15.0 Å². The van der Waals surface area contributed by atoms with Gasteiger partial charge in [-0.25, -0.2) is 0 Å². The van der Waals surface area contributed by atoms with E-state index in [1.54, 1.807) is 12.3 Å². The largest absolute Gasteiger partial charge is 0.487 e. The van der Waals surface area contributed by atoms with E-state index in [2.05, 4.69) is 11.7 Å². The monoisotopic (exact) mass is 256 g/mol. The molecule has 2 heterocycles. The Morgan fingerprint density at radius 2 is 2.32 bits per heavy atom. The molecule has 2 aromatic rings. The van der Waals surface area contributed by atoms with Crippen molar-refractivity contribution in [2.45, 2.75) is 24.5 Å². The molecule has 0 saturated heterocycles. The second-order valence-electron chi connectivity index (χ2n) is 4.74. The number of hydrogen-bond donors (Lipinski definition) is 1. The molecule has 2 N–H and O–H groups in total. The van der Waals surface area contributed by atoms with Gasteiger partial charge in [0.2, 0.25) is 0 Å². The van der Waals surface area contributed by atoms with Crippen LogP contribution in [0.1, 0.15) is 18.5 Å². The summed E-state index contributed by atoms with van der Waals surface area (Å²) in [5.74, 6) is 0. The van der Waals surface area contributed by atoms with E-state index in [4.69, 9.17) is 15.0 Å². The Bertz CT molecular complexity index is 622. The van der Waals surface area contributed by atoms with Gasteiger partial charge in [-0.05, 0) is 24.6 Å². The van der Waals surface area contributed by atoms with Gasteiger partial charge in [0, 0.05) is 11.8 Å². The molecular weight excluding hydrogens is 240 g/mol. The van der Waals surface area contributed by atoms with Crippen molar-refractivity contribution in [1.82, 2.24) is 5.16 Å². The normalized spacial score (nSPS) is 23.4. The van der Waals surface area contributed by atoms with E-state index in [1.807, 2.05) is 30.3 Å². The van der Waals surface area contributed by atoms with Crippen molar-refractivity contribution in [3.05, 3.63) is 55.0 Å². The van der Waals surface area contributed by atoms with Crippen molar-refractivity contribution in [3.63, 3.8) is 0 Å². The van der Waals surface area contributed by atoms with Crippen LogP contribution in [0.2, 0.25) is 0 Å². The van der Waals surface area contributed by atoms with Crippen molar-refractivity contribution in [1.29, 1.82) is 0 Å². The Kier molecular flexibility index (Phi) is 2.87. The van der Waals surface area contributed by atoms with E-state index in [9.17, 15) is 0 Å². The van der Waals surface area contributed by atoms with Gasteiger partial charge in [0.15, 0.2) is 11.2 Å². The van der Waals surface area contributed by atoms with Gasteiger partial charge in [-0.2, -0.15) is 0 Å². The van der Waals surface area contributed by atoms with Gasteiger partial charge in [0.05, 0.1) is 12.3 Å². The first kappa shape index (κ1) is 12.0. The van der Waals surface area contributed by atoms with Crippen LogP contribution < -0.4 is 5.73 Å². The van der Waals surface area contributed by atoms with Crippen LogP contribution >= 0.6 is 0 Å². The molecule has 2 unspecified atom stereocenters. The van der Waals surface area contributed by atoms with E-state index in [0.29, 0.717) is 12.8 Å². The molecular formula is C15H16N2O2. The highest BCUT2D eigenvalue weighted by Gasteiger charge is 2.44. The Hall–Kier alpha value is -2.07. The number of benzene rings is 1. The number of aromatic nitrogens is 1. The van der Waals surface area contributed by atoms with Crippen LogP contribution in [0.25, 0.3) is 11.0 Å². The number of para-hydroxylation sites is 1. The molecule has 98 valence electrons. The summed E-state index contributed by atoms with van der Waals surface area (Å²) >= 11 is 0. The third-order valence-electron chi connectivity index (χ3n) is 3.59. The molecule has 1 aromatic heterocycles. The summed E-state index contributed by atoms with van der Waals surface area (Å²) in [6.07, 6.45) is 6.80. The first-order chi connectivity index (χ1) is 9.28. The maximum Gasteiger partial charge on any atom is 0.173 e. The third-order valence-corrected chi connectivity index (χ3v) is 3.59. The molecule has 2 atom stereocenters. The average molecular weight is 256 g/mol. The summed E-state index contributed by atoms with van der Waals surface area (Å²) in [5, 5.41) is 5.15. The van der Waals surface area contributed by atoms with Gasteiger partial charge in [0.25, 0.3) is 0 Å². The van der Waals surface area contributed by atoms with Crippen molar-refractivity contribution in [2.75, 3.05) is 0 Å². The maximum absolute atomic E-state index is 6.29. The Morgan fingerprint density at radius 3 is 3.05 bits per heavy atom. The summed E-state index contributed by atoms with van der Waals surface area (Å²) in [7, 11) is 0. The minimum absolute atomic E-state index is 0.214. The molecule has 1 aliphatic rings. The fraction of sp³-hybridized carbons (Fsp3) is 0.267. The molecule has 1 aliphatic heterocycles. The van der Waals surface area contributed by atoms with Gasteiger partial charge in [-0.15, -0.1) is 6.58 Å². The van der Waals surface area contributed by atoms with Crippen molar-refractivity contribution in [3.8, 4) is 0 Å². The number of nitrogens with zero attached hydrogens (tertiary/aromatic N) is 1. The minimum Gasteiger partial charge on any atom is -0.487 e. The average Bonchev–Trinajstić information content (AvgIpc) is 3.06. The van der Waals surface area contributed by atoms with E-state index >= 15 is 0 Å². The summed E-state index contributed by atoms with van der Waals surface area (Å²) in [4.78, 5) is 0. The van der Waals surface area contributed by atoms with E-state index in [1.165, 1.54) is 0 Å². The van der Waals surface area contributed by atoms with Crippen LogP contribution in [-0.4, -0.2) is 11.2 Å². The molecule has 0 radical (unpaired) electrons. The van der Waals surface area contributed by atoms with Gasteiger partial charge in [-0.1, -0.05) is 23.4 Å². The lowest BCUT2D eigenvalue weighted by Crippen LogP contribution is -2.45. The topological polar surface area (TPSA) is 61.3 Å². The number of fused-ring (bicyclic) bond motifs is 1. The lowest BCUT2D eigenvalue weighted by atomic mass is 9.85. The standard InChI is InChI=1S/C15H16N2O2/c1-2-6-13(16)15(9-5-10-18-15)14-11-7-3-4-8-12(11)19-17-14/h2-5,7-8,10,13H,1,6,9,16H2. The zero-order chi connectivity index (χ0) is 13.3. The Labute approximate surface area is 111 Å². The molecule has 3 rings (SSSR count). The lowest BCUT2D eigenvalue weighted by Gasteiger charge is -2.32. The zero-order valence-corrected chi connectivity index (χ0v) is 10.6. The predicted octanol–water partition coefficient (Wildman–Crippen LogP) is 2.86. The van der Waals surface area contributed by atoms with Crippen molar-refractivity contribution in [2.24, 2.45) is 5.73 Å². The zero-order valence-electron chi connectivity index (χ0n) is 10.6. The molecule has 0 fully saturated rings. The van der Waals surface area contributed by atoms with Crippen molar-refractivity contribution >= 4 is 11.0 Å². The predicted molar refractivity (Wildman–Crippen MR) is 73.3 cm³/mol. The van der Waals surface area contributed by atoms with Crippen LogP contribution in [0.15, 0.2) is 53.8 Å². The number of ether oxygens (including phenoxy) is 1. The van der Waals surface area contributed by atoms with Crippen molar-refractivity contribution < 1.29 is 9.26 Å². The third kappa shape index (κ3) is 1.76. The molecule has 19 heavy (non-hydrogen) atoms. The minimum atomic E-state index is -0.652. The van der Waals surface area contributed by atoms with Gasteiger partial charge in [-0.3, -0.25) is 0 Å². The van der Waals surface area contributed by atoms with Gasteiger partial charge >= 0.3 is 0 Å². The highest BCUT2D eigenvalue weighted by Crippen LogP contribution is 2.40. The Balaban J connectivity index is 2.12. The molecule has 1 aromatic carbocycles. The molecule has 0 amide bonds. The molecule has 0 aliphatic carbocycles. The highest BCUT2D eigenvalue weighted by molar-refractivity contribution is 5.80. The molecule has 4 heteroatoms. The SMILES string of the molecule is C=CCC(N)C1(c2noc3ccccc23)CC=CO1. The van der Waals surface area contributed by atoms with E-state index in [-0.39, 0.29) is 6.04 Å². The molecule has 4 nitrogen and oxygen atoms in total. The van der Waals surface area contributed by atoms with E-state index < -0.39 is 5.60 Å². The quantitative estimate of drug-likeness (QED) is 0.854. The summed E-state index contributed by atoms with van der Waals surface area (Å²) in [5.41, 5.74) is 7.15. The highest BCUT2D eigenvalue weighted by atomic mass is 16.5. The number of rotatable bonds is 4. The first-order valence-corrected chi connectivity index (χ1v) is 6.32. The number of nitrogens with two attached hydrogens (primary N) is 1. The fourth-order valence-corrected chi connectivity index (χ4v) is 2.57. The molecule has 0 saturated carbocycles. The second-order valence-corrected chi connectivity index (χ2v) is 4.74. The maximum atomic E-state index is 6.29. The van der Waals surface area contributed by atoms with Crippen LogP contribution in [0.5, 0.6) is 0 Å². The second kappa shape index (κ2) is 4.55. The summed E-state index contributed by atoms with van der Waals surface area (Å²) in [6, 6.07) is 7.53. The smallest absolute Gasteiger partial charge is 0.173 e. The van der Waals surface area contributed by atoms with Gasteiger partial charge in [0.1, 0.15) is 5.69 Å². The lowest BCUT2D eigenvalue weighted by molar-refractivity contribution is 0.0104. The Morgan fingerprint density at radius 1 is 1.47 bits per heavy atom. The molecule has 0 spiro atoms. The fourth-order valence-electron chi connectivity index (χ4n) is 2.57. The van der Waals surface area contributed by atoms with E-state index in [0.717, 1.165) is 16.7 Å². The van der Waals surface area contributed by atoms with Crippen LogP contribution in [0.3, 0.4) is 0 Å². The first-order valence-electron chi connectivity index (χ1n) is 6.32. The van der Waals surface area contributed by atoms with Crippen LogP contribution in [0, 0.1) is 0 Å². The molecule has 0 bridgehead atoms.